The summed E-state index contributed by atoms with van der Waals surface area (Å²) in [6.07, 6.45) is 2.37. The molecule has 0 spiro atoms. The van der Waals surface area contributed by atoms with E-state index >= 15 is 0 Å². The summed E-state index contributed by atoms with van der Waals surface area (Å²) in [4.78, 5) is 15.7. The molecule has 0 atom stereocenters. The summed E-state index contributed by atoms with van der Waals surface area (Å²) in [6, 6.07) is 4.68. The molecule has 1 aromatic carbocycles. The lowest BCUT2D eigenvalue weighted by molar-refractivity contribution is 0.102. The van der Waals surface area contributed by atoms with E-state index in [1.807, 2.05) is 13.8 Å². The van der Waals surface area contributed by atoms with Crippen molar-refractivity contribution in [1.82, 2.24) is 4.98 Å². The number of pyridine rings is 1. The Bertz CT molecular complexity index is 617. The van der Waals surface area contributed by atoms with Gasteiger partial charge in [0, 0.05) is 17.6 Å². The average Bonchev–Trinajstić information content (AvgIpc) is 2.33. The van der Waals surface area contributed by atoms with Crippen molar-refractivity contribution in [2.75, 3.05) is 11.1 Å². The topological polar surface area (TPSA) is 68.0 Å². The number of nitrogens with two attached hydrogens (primary N) is 1. The van der Waals surface area contributed by atoms with Gasteiger partial charge in [-0.15, -0.1) is 0 Å². The van der Waals surface area contributed by atoms with Gasteiger partial charge in [0.25, 0.3) is 5.91 Å². The first kappa shape index (κ1) is 13.0. The minimum atomic E-state index is -0.543. The van der Waals surface area contributed by atoms with E-state index in [0.717, 1.165) is 23.4 Å². The lowest BCUT2D eigenvalue weighted by Crippen LogP contribution is -2.14. The Morgan fingerprint density at radius 1 is 1.21 bits per heavy atom. The molecular weight excluding hydrogens is 245 g/mol. The van der Waals surface area contributed by atoms with Crippen molar-refractivity contribution in [2.45, 2.75) is 13.8 Å². The molecule has 1 aromatic heterocycles. The molecule has 3 N–H and O–H groups in total. The maximum atomic E-state index is 13.0. The summed E-state index contributed by atoms with van der Waals surface area (Å²) in [5.74, 6) is -0.943. The molecule has 0 aliphatic heterocycles. The Balaban J connectivity index is 2.29. The van der Waals surface area contributed by atoms with Crippen LogP contribution in [0, 0.1) is 19.7 Å². The lowest BCUT2D eigenvalue weighted by Gasteiger charge is -2.12. The Morgan fingerprint density at radius 3 is 2.42 bits per heavy atom. The highest BCUT2D eigenvalue weighted by molar-refractivity contribution is 6.05. The Morgan fingerprint density at radius 2 is 1.84 bits per heavy atom. The number of hydrogen-bond acceptors (Lipinski definition) is 3. The van der Waals surface area contributed by atoms with Crippen molar-refractivity contribution in [2.24, 2.45) is 0 Å². The Labute approximate surface area is 110 Å². The van der Waals surface area contributed by atoms with E-state index in [1.165, 1.54) is 6.20 Å². The Kier molecular flexibility index (Phi) is 3.46. The van der Waals surface area contributed by atoms with Crippen LogP contribution in [0.25, 0.3) is 0 Å². The first-order valence-electron chi connectivity index (χ1n) is 5.76. The number of hydrogen-bond donors (Lipinski definition) is 2. The minimum absolute atomic E-state index is 0.177. The zero-order chi connectivity index (χ0) is 14.0. The quantitative estimate of drug-likeness (QED) is 0.815. The van der Waals surface area contributed by atoms with Gasteiger partial charge in [0.15, 0.2) is 0 Å². The van der Waals surface area contributed by atoms with E-state index in [-0.39, 0.29) is 5.56 Å². The summed E-state index contributed by atoms with van der Waals surface area (Å²) in [6.45, 7) is 3.70. The van der Waals surface area contributed by atoms with Crippen LogP contribution in [0.3, 0.4) is 0 Å². The SMILES string of the molecule is Cc1cc(N)cc(C)c1NC(=O)c1cncc(F)c1. The van der Waals surface area contributed by atoms with E-state index in [0.29, 0.717) is 11.4 Å². The number of nitrogen functional groups attached to an aromatic ring is 1. The predicted octanol–water partition coefficient (Wildman–Crippen LogP) is 2.67. The van der Waals surface area contributed by atoms with Crippen LogP contribution in [0.4, 0.5) is 15.8 Å². The molecule has 0 fully saturated rings. The molecule has 0 bridgehead atoms. The average molecular weight is 259 g/mol. The molecule has 98 valence electrons. The van der Waals surface area contributed by atoms with Gasteiger partial charge in [-0.05, 0) is 43.2 Å². The van der Waals surface area contributed by atoms with Crippen molar-refractivity contribution in [1.29, 1.82) is 0 Å². The van der Waals surface area contributed by atoms with Gasteiger partial charge in [0.2, 0.25) is 0 Å². The maximum absolute atomic E-state index is 13.0. The van der Waals surface area contributed by atoms with Crippen molar-refractivity contribution in [3.63, 3.8) is 0 Å². The van der Waals surface area contributed by atoms with E-state index in [4.69, 9.17) is 5.73 Å². The highest BCUT2D eigenvalue weighted by atomic mass is 19.1. The molecule has 2 aromatic rings. The first-order valence-corrected chi connectivity index (χ1v) is 5.76. The molecule has 4 nitrogen and oxygen atoms in total. The smallest absolute Gasteiger partial charge is 0.257 e. The van der Waals surface area contributed by atoms with Gasteiger partial charge in [-0.1, -0.05) is 0 Å². The number of carbonyl (C=O) groups excluding carboxylic acids is 1. The molecule has 0 radical (unpaired) electrons. The van der Waals surface area contributed by atoms with Crippen LogP contribution >= 0.6 is 0 Å². The molecule has 0 aliphatic carbocycles. The van der Waals surface area contributed by atoms with Gasteiger partial charge < -0.3 is 11.1 Å². The highest BCUT2D eigenvalue weighted by Gasteiger charge is 2.11. The third-order valence-corrected chi connectivity index (χ3v) is 2.76. The lowest BCUT2D eigenvalue weighted by atomic mass is 10.1. The normalized spacial score (nSPS) is 10.3. The third kappa shape index (κ3) is 2.88. The number of anilines is 2. The monoisotopic (exact) mass is 259 g/mol. The molecule has 0 saturated heterocycles. The molecule has 1 heterocycles. The number of amides is 1. The van der Waals surface area contributed by atoms with Crippen molar-refractivity contribution >= 4 is 17.3 Å². The van der Waals surface area contributed by atoms with Crippen molar-refractivity contribution in [3.8, 4) is 0 Å². The minimum Gasteiger partial charge on any atom is -0.399 e. The van der Waals surface area contributed by atoms with Gasteiger partial charge in [-0.3, -0.25) is 9.78 Å². The van der Waals surface area contributed by atoms with Crippen LogP contribution in [0.15, 0.2) is 30.6 Å². The fourth-order valence-corrected chi connectivity index (χ4v) is 1.92. The molecule has 2 rings (SSSR count). The number of carbonyl (C=O) groups is 1. The van der Waals surface area contributed by atoms with Gasteiger partial charge in [0.05, 0.1) is 11.8 Å². The number of benzene rings is 1. The summed E-state index contributed by atoms with van der Waals surface area (Å²) in [5.41, 5.74) is 8.93. The molecule has 0 unspecified atom stereocenters. The first-order chi connectivity index (χ1) is 8.97. The summed E-state index contributed by atoms with van der Waals surface area (Å²) in [5, 5.41) is 2.75. The number of aromatic nitrogens is 1. The van der Waals surface area contributed by atoms with Gasteiger partial charge in [-0.25, -0.2) is 4.39 Å². The third-order valence-electron chi connectivity index (χ3n) is 2.76. The summed E-state index contributed by atoms with van der Waals surface area (Å²) in [7, 11) is 0. The van der Waals surface area contributed by atoms with E-state index in [2.05, 4.69) is 10.3 Å². The second kappa shape index (κ2) is 5.06. The number of nitrogens with one attached hydrogen (secondary N) is 1. The molecule has 0 aliphatic rings. The number of rotatable bonds is 2. The van der Waals surface area contributed by atoms with E-state index in [9.17, 15) is 9.18 Å². The molecule has 1 amide bonds. The van der Waals surface area contributed by atoms with E-state index in [1.54, 1.807) is 12.1 Å². The fraction of sp³-hybridized carbons (Fsp3) is 0.143. The maximum Gasteiger partial charge on any atom is 0.257 e. The second-order valence-corrected chi connectivity index (χ2v) is 4.38. The van der Waals surface area contributed by atoms with Gasteiger partial charge in [-0.2, -0.15) is 0 Å². The molecule has 19 heavy (non-hydrogen) atoms. The summed E-state index contributed by atoms with van der Waals surface area (Å²) >= 11 is 0. The standard InChI is InChI=1S/C14H14FN3O/c1-8-3-12(16)4-9(2)13(8)18-14(19)10-5-11(15)7-17-6-10/h3-7H,16H2,1-2H3,(H,18,19). The largest absolute Gasteiger partial charge is 0.399 e. The van der Waals surface area contributed by atoms with Gasteiger partial charge in [0.1, 0.15) is 5.82 Å². The molecule has 0 saturated carbocycles. The number of halogens is 1. The predicted molar refractivity (Wildman–Crippen MR) is 72.5 cm³/mol. The summed E-state index contributed by atoms with van der Waals surface area (Å²) < 4.78 is 13.0. The fourth-order valence-electron chi connectivity index (χ4n) is 1.92. The van der Waals surface area contributed by atoms with E-state index < -0.39 is 11.7 Å². The highest BCUT2D eigenvalue weighted by Crippen LogP contribution is 2.23. The van der Waals surface area contributed by atoms with Crippen LogP contribution in [0.1, 0.15) is 21.5 Å². The zero-order valence-electron chi connectivity index (χ0n) is 10.7. The van der Waals surface area contributed by atoms with Crippen LogP contribution in [-0.2, 0) is 0 Å². The zero-order valence-corrected chi connectivity index (χ0v) is 10.7. The van der Waals surface area contributed by atoms with Crippen molar-refractivity contribution in [3.05, 3.63) is 53.1 Å². The number of aryl methyl sites for hydroxylation is 2. The van der Waals surface area contributed by atoms with Gasteiger partial charge >= 0.3 is 0 Å². The van der Waals surface area contributed by atoms with Crippen LogP contribution in [0.2, 0.25) is 0 Å². The van der Waals surface area contributed by atoms with Crippen molar-refractivity contribution < 1.29 is 9.18 Å². The molecular formula is C14H14FN3O. The van der Waals surface area contributed by atoms with Crippen LogP contribution < -0.4 is 11.1 Å². The Hall–Kier alpha value is -2.43. The number of nitrogens with zero attached hydrogens (tertiary/aromatic N) is 1. The van der Waals surface area contributed by atoms with Crippen LogP contribution in [-0.4, -0.2) is 10.9 Å². The molecule has 5 heteroatoms. The second-order valence-electron chi connectivity index (χ2n) is 4.38. The van der Waals surface area contributed by atoms with Crippen LogP contribution in [0.5, 0.6) is 0 Å².